The van der Waals surface area contributed by atoms with Crippen molar-refractivity contribution >= 4 is 60.5 Å². The summed E-state index contributed by atoms with van der Waals surface area (Å²) in [6.07, 6.45) is 0. The summed E-state index contributed by atoms with van der Waals surface area (Å²) in [5, 5.41) is 2.34. The molecule has 74 valence electrons. The summed E-state index contributed by atoms with van der Waals surface area (Å²) in [4.78, 5) is 0. The van der Waals surface area contributed by atoms with E-state index in [4.69, 9.17) is 4.42 Å². The molecule has 0 N–H and O–H groups in total. The van der Waals surface area contributed by atoms with E-state index < -0.39 is 0 Å². The van der Waals surface area contributed by atoms with E-state index in [0.717, 1.165) is 21.0 Å². The van der Waals surface area contributed by atoms with Crippen LogP contribution in [0.25, 0.3) is 21.9 Å². The first-order chi connectivity index (χ1) is 7.24. The van der Waals surface area contributed by atoms with E-state index in [1.807, 2.05) is 12.1 Å². The van der Waals surface area contributed by atoms with E-state index in [0.29, 0.717) is 0 Å². The number of furan rings is 1. The van der Waals surface area contributed by atoms with Crippen LogP contribution >= 0.6 is 38.5 Å². The standard InChI is InChI=1S/C12H6BrIO/c13-7-1-4-11-10(5-7)9-3-2-8(14)6-12(9)15-11/h1-6H. The number of fused-ring (bicyclic) bond motifs is 3. The SMILES string of the molecule is Brc1ccc2oc3cc(I)ccc3c2c1. The van der Waals surface area contributed by atoms with Crippen molar-refractivity contribution in [2.75, 3.05) is 0 Å². The zero-order valence-electron chi connectivity index (χ0n) is 7.63. The summed E-state index contributed by atoms with van der Waals surface area (Å²) < 4.78 is 8.04. The van der Waals surface area contributed by atoms with Gasteiger partial charge in [0.2, 0.25) is 0 Å². The van der Waals surface area contributed by atoms with Gasteiger partial charge in [-0.25, -0.2) is 0 Å². The van der Waals surface area contributed by atoms with E-state index in [2.05, 4.69) is 62.8 Å². The lowest BCUT2D eigenvalue weighted by atomic mass is 10.2. The van der Waals surface area contributed by atoms with Gasteiger partial charge in [0.1, 0.15) is 11.2 Å². The fourth-order valence-electron chi connectivity index (χ4n) is 1.72. The second-order valence-corrected chi connectivity index (χ2v) is 5.54. The van der Waals surface area contributed by atoms with Crippen LogP contribution in [-0.4, -0.2) is 0 Å². The third kappa shape index (κ3) is 1.58. The topological polar surface area (TPSA) is 13.1 Å². The lowest BCUT2D eigenvalue weighted by Gasteiger charge is -1.90. The molecule has 0 saturated carbocycles. The molecule has 0 spiro atoms. The van der Waals surface area contributed by atoms with Gasteiger partial charge in [0.05, 0.1) is 0 Å². The summed E-state index contributed by atoms with van der Waals surface area (Å²) in [7, 11) is 0. The number of rotatable bonds is 0. The van der Waals surface area contributed by atoms with Crippen LogP contribution in [0.2, 0.25) is 0 Å². The Morgan fingerprint density at radius 3 is 2.67 bits per heavy atom. The molecule has 3 rings (SSSR count). The van der Waals surface area contributed by atoms with Gasteiger partial charge in [-0.2, -0.15) is 0 Å². The first kappa shape index (κ1) is 9.66. The van der Waals surface area contributed by atoms with Gasteiger partial charge in [0.25, 0.3) is 0 Å². The van der Waals surface area contributed by atoms with Gasteiger partial charge < -0.3 is 4.42 Å². The Morgan fingerprint density at radius 2 is 1.80 bits per heavy atom. The molecule has 3 aromatic rings. The Labute approximate surface area is 109 Å². The Hall–Kier alpha value is -0.550. The Bertz CT molecular complexity index is 657. The monoisotopic (exact) mass is 372 g/mol. The van der Waals surface area contributed by atoms with Crippen molar-refractivity contribution in [1.82, 2.24) is 0 Å². The largest absolute Gasteiger partial charge is 0.456 e. The van der Waals surface area contributed by atoms with Gasteiger partial charge in [-0.15, -0.1) is 0 Å². The number of halogens is 2. The fraction of sp³-hybridized carbons (Fsp3) is 0. The molecule has 2 aromatic carbocycles. The molecule has 0 atom stereocenters. The van der Waals surface area contributed by atoms with Crippen molar-refractivity contribution in [3.05, 3.63) is 44.4 Å². The first-order valence-corrected chi connectivity index (χ1v) is 6.38. The molecule has 0 aliphatic carbocycles. The van der Waals surface area contributed by atoms with Gasteiger partial charge in [-0.1, -0.05) is 15.9 Å². The molecule has 0 saturated heterocycles. The summed E-state index contributed by atoms with van der Waals surface area (Å²) >= 11 is 5.76. The van der Waals surface area contributed by atoms with Gasteiger partial charge in [-0.3, -0.25) is 0 Å². The second-order valence-electron chi connectivity index (χ2n) is 3.38. The van der Waals surface area contributed by atoms with Crippen molar-refractivity contribution in [1.29, 1.82) is 0 Å². The maximum Gasteiger partial charge on any atom is 0.136 e. The number of benzene rings is 2. The highest BCUT2D eigenvalue weighted by atomic mass is 127. The molecule has 15 heavy (non-hydrogen) atoms. The quantitative estimate of drug-likeness (QED) is 0.509. The maximum atomic E-state index is 5.76. The highest BCUT2D eigenvalue weighted by Crippen LogP contribution is 2.31. The fourth-order valence-corrected chi connectivity index (χ4v) is 2.55. The third-order valence-electron chi connectivity index (χ3n) is 2.40. The Morgan fingerprint density at radius 1 is 0.933 bits per heavy atom. The number of hydrogen-bond donors (Lipinski definition) is 0. The lowest BCUT2D eigenvalue weighted by molar-refractivity contribution is 0.668. The van der Waals surface area contributed by atoms with Crippen LogP contribution < -0.4 is 0 Å². The normalized spacial score (nSPS) is 11.3. The Kier molecular flexibility index (Phi) is 2.25. The average molecular weight is 373 g/mol. The molecule has 0 radical (unpaired) electrons. The average Bonchev–Trinajstić information content (AvgIpc) is 2.54. The molecule has 0 unspecified atom stereocenters. The summed E-state index contributed by atoms with van der Waals surface area (Å²) in [6, 6.07) is 12.3. The molecular weight excluding hydrogens is 367 g/mol. The molecule has 1 nitrogen and oxygen atoms in total. The summed E-state index contributed by atoms with van der Waals surface area (Å²) in [6.45, 7) is 0. The zero-order chi connectivity index (χ0) is 10.4. The molecule has 0 fully saturated rings. The van der Waals surface area contributed by atoms with Crippen molar-refractivity contribution < 1.29 is 4.42 Å². The van der Waals surface area contributed by atoms with Gasteiger partial charge >= 0.3 is 0 Å². The highest BCUT2D eigenvalue weighted by molar-refractivity contribution is 14.1. The van der Waals surface area contributed by atoms with Crippen LogP contribution in [0.15, 0.2) is 45.3 Å². The predicted molar refractivity (Wildman–Crippen MR) is 74.1 cm³/mol. The molecule has 0 amide bonds. The van der Waals surface area contributed by atoms with Crippen LogP contribution in [0, 0.1) is 3.57 Å². The van der Waals surface area contributed by atoms with E-state index in [1.165, 1.54) is 8.96 Å². The van der Waals surface area contributed by atoms with Crippen LogP contribution in [0.3, 0.4) is 0 Å². The van der Waals surface area contributed by atoms with Crippen molar-refractivity contribution in [3.63, 3.8) is 0 Å². The van der Waals surface area contributed by atoms with Crippen LogP contribution in [0.5, 0.6) is 0 Å². The van der Waals surface area contributed by atoms with Gasteiger partial charge in [0, 0.05) is 18.8 Å². The molecule has 1 heterocycles. The predicted octanol–water partition coefficient (Wildman–Crippen LogP) is 4.95. The van der Waals surface area contributed by atoms with Crippen LogP contribution in [0.1, 0.15) is 0 Å². The van der Waals surface area contributed by atoms with Crippen LogP contribution in [-0.2, 0) is 0 Å². The molecular formula is C12H6BrIO. The van der Waals surface area contributed by atoms with Crippen LogP contribution in [0.4, 0.5) is 0 Å². The smallest absolute Gasteiger partial charge is 0.136 e. The molecule has 0 aliphatic rings. The van der Waals surface area contributed by atoms with Gasteiger partial charge in [-0.05, 0) is 59.0 Å². The molecule has 0 bridgehead atoms. The molecule has 0 aliphatic heterocycles. The van der Waals surface area contributed by atoms with Crippen molar-refractivity contribution in [3.8, 4) is 0 Å². The molecule has 1 aromatic heterocycles. The van der Waals surface area contributed by atoms with Crippen molar-refractivity contribution in [2.24, 2.45) is 0 Å². The van der Waals surface area contributed by atoms with E-state index in [1.54, 1.807) is 0 Å². The van der Waals surface area contributed by atoms with Gasteiger partial charge in [0.15, 0.2) is 0 Å². The lowest BCUT2D eigenvalue weighted by Crippen LogP contribution is -1.69. The second kappa shape index (κ2) is 3.49. The summed E-state index contributed by atoms with van der Waals surface area (Å²) in [5.41, 5.74) is 1.89. The van der Waals surface area contributed by atoms with E-state index in [-0.39, 0.29) is 0 Å². The van der Waals surface area contributed by atoms with E-state index >= 15 is 0 Å². The highest BCUT2D eigenvalue weighted by Gasteiger charge is 2.06. The minimum atomic E-state index is 0.940. The minimum Gasteiger partial charge on any atom is -0.456 e. The first-order valence-electron chi connectivity index (χ1n) is 4.51. The summed E-state index contributed by atoms with van der Waals surface area (Å²) in [5.74, 6) is 0. The Balaban J connectivity index is 2.53. The minimum absolute atomic E-state index is 0.940. The van der Waals surface area contributed by atoms with Crippen molar-refractivity contribution in [2.45, 2.75) is 0 Å². The number of hydrogen-bond acceptors (Lipinski definition) is 1. The molecule has 3 heteroatoms. The maximum absolute atomic E-state index is 5.76. The third-order valence-corrected chi connectivity index (χ3v) is 3.56. The zero-order valence-corrected chi connectivity index (χ0v) is 11.4. The van der Waals surface area contributed by atoms with E-state index in [9.17, 15) is 0 Å².